The molecular weight excluding hydrogens is 374 g/mol. The summed E-state index contributed by atoms with van der Waals surface area (Å²) in [5, 5.41) is 19.1. The molecule has 2 unspecified atom stereocenters. The summed E-state index contributed by atoms with van der Waals surface area (Å²) in [5.74, 6) is 1.26. The molecule has 0 spiro atoms. The van der Waals surface area contributed by atoms with E-state index >= 15 is 0 Å². The van der Waals surface area contributed by atoms with E-state index in [1.165, 1.54) is 0 Å². The van der Waals surface area contributed by atoms with Crippen LogP contribution in [0.2, 0.25) is 0 Å². The van der Waals surface area contributed by atoms with E-state index in [4.69, 9.17) is 4.74 Å². The largest absolute Gasteiger partial charge is 0.504 e. The van der Waals surface area contributed by atoms with Crippen molar-refractivity contribution in [3.63, 3.8) is 0 Å². The van der Waals surface area contributed by atoms with Crippen LogP contribution in [0.5, 0.6) is 5.75 Å². The zero-order chi connectivity index (χ0) is 20.3. The Balaban J connectivity index is 1.40. The number of nitrogens with zero attached hydrogens (tertiary/aromatic N) is 7. The highest BCUT2D eigenvalue weighted by Gasteiger charge is 2.49. The van der Waals surface area contributed by atoms with Crippen molar-refractivity contribution >= 4 is 17.7 Å². The normalized spacial score (nSPS) is 21.3. The first-order valence-corrected chi connectivity index (χ1v) is 9.65. The number of hydrogen-bond acceptors (Lipinski definition) is 7. The number of pyridine rings is 1. The average molecular weight is 397 g/mol. The van der Waals surface area contributed by atoms with E-state index in [-0.39, 0.29) is 23.9 Å². The molecule has 6 rings (SSSR count). The van der Waals surface area contributed by atoms with E-state index in [1.807, 2.05) is 37.9 Å². The third-order valence-corrected chi connectivity index (χ3v) is 5.25. The van der Waals surface area contributed by atoms with E-state index in [0.29, 0.717) is 30.5 Å². The summed E-state index contributed by atoms with van der Waals surface area (Å²) >= 11 is 0. The van der Waals surface area contributed by atoms with E-state index in [9.17, 15) is 9.90 Å². The second kappa shape index (κ2) is 6.10. The van der Waals surface area contributed by atoms with Gasteiger partial charge in [-0.3, -0.25) is 4.90 Å². The van der Waals surface area contributed by atoms with Gasteiger partial charge in [0.1, 0.15) is 5.60 Å². The maximum Gasteiger partial charge on any atom is 0.410 e. The fraction of sp³-hybridized carbons (Fsp3) is 0.474. The van der Waals surface area contributed by atoms with Crippen LogP contribution in [0.15, 0.2) is 30.6 Å². The molecule has 1 N–H and O–H groups in total. The van der Waals surface area contributed by atoms with E-state index in [2.05, 4.69) is 20.1 Å². The molecule has 3 aliphatic rings. The van der Waals surface area contributed by atoms with Crippen molar-refractivity contribution in [3.8, 4) is 11.6 Å². The van der Waals surface area contributed by atoms with Gasteiger partial charge in [0, 0.05) is 25.5 Å². The first kappa shape index (κ1) is 17.8. The number of ether oxygens (including phenoxy) is 1. The van der Waals surface area contributed by atoms with Gasteiger partial charge in [0.25, 0.3) is 0 Å². The summed E-state index contributed by atoms with van der Waals surface area (Å²) in [7, 11) is 0. The number of carbonyl (C=O) groups excluding carboxylic acids is 1. The number of hydrogen-bond donors (Lipinski definition) is 1. The SMILES string of the molecule is CC(C)(C)OC(=O)N1C2CC1CN(c1nc3c(O)ccc(-n4cccn4)n3n1)C2. The third-order valence-electron chi connectivity index (χ3n) is 5.25. The minimum Gasteiger partial charge on any atom is -0.504 e. The molecule has 3 aromatic heterocycles. The molecule has 3 saturated heterocycles. The van der Waals surface area contributed by atoms with Crippen LogP contribution < -0.4 is 4.90 Å². The summed E-state index contributed by atoms with van der Waals surface area (Å²) in [5.41, 5.74) is -0.138. The van der Waals surface area contributed by atoms with Crippen molar-refractivity contribution in [3.05, 3.63) is 30.6 Å². The van der Waals surface area contributed by atoms with Gasteiger partial charge in [-0.25, -0.2) is 9.48 Å². The van der Waals surface area contributed by atoms with Crippen LogP contribution in [-0.4, -0.2) is 71.3 Å². The molecule has 0 aromatic carbocycles. The summed E-state index contributed by atoms with van der Waals surface area (Å²) in [6.07, 6.45) is 4.18. The Bertz CT molecular complexity index is 1060. The Morgan fingerprint density at radius 3 is 2.66 bits per heavy atom. The van der Waals surface area contributed by atoms with E-state index in [1.54, 1.807) is 27.5 Å². The minimum atomic E-state index is -0.510. The van der Waals surface area contributed by atoms with Crippen molar-refractivity contribution < 1.29 is 14.6 Å². The molecule has 2 atom stereocenters. The first-order valence-electron chi connectivity index (χ1n) is 9.65. The lowest BCUT2D eigenvalue weighted by molar-refractivity contribution is -0.0381. The molecule has 6 heterocycles. The van der Waals surface area contributed by atoms with Crippen molar-refractivity contribution in [1.29, 1.82) is 0 Å². The lowest BCUT2D eigenvalue weighted by Gasteiger charge is -2.55. The quantitative estimate of drug-likeness (QED) is 0.704. The van der Waals surface area contributed by atoms with Crippen molar-refractivity contribution in [2.24, 2.45) is 0 Å². The number of aromatic nitrogens is 5. The Labute approximate surface area is 167 Å². The zero-order valence-corrected chi connectivity index (χ0v) is 16.6. The maximum absolute atomic E-state index is 12.5. The number of anilines is 1. The maximum atomic E-state index is 12.5. The van der Waals surface area contributed by atoms with Crippen molar-refractivity contribution in [2.45, 2.75) is 44.9 Å². The van der Waals surface area contributed by atoms with Crippen LogP contribution in [0, 0.1) is 0 Å². The predicted molar refractivity (Wildman–Crippen MR) is 104 cm³/mol. The molecule has 2 bridgehead atoms. The number of carbonyl (C=O) groups is 1. The lowest BCUT2D eigenvalue weighted by atomic mass is 9.88. The Hall–Kier alpha value is -3.30. The molecule has 3 fully saturated rings. The molecule has 10 heteroatoms. The second-order valence-corrected chi connectivity index (χ2v) is 8.51. The standard InChI is InChI=1S/C19H23N7O3/c1-19(2,3)29-18(28)25-12-9-13(25)11-23(10-12)17-21-16-14(27)5-6-15(26(16)22-17)24-8-4-7-20-24/h4-8,12-13,27H,9-11H2,1-3H3. The first-order chi connectivity index (χ1) is 13.8. The number of rotatable bonds is 2. The number of amides is 1. The highest BCUT2D eigenvalue weighted by Crippen LogP contribution is 2.35. The molecule has 0 aliphatic carbocycles. The van der Waals surface area contributed by atoms with Gasteiger partial charge in [-0.15, -0.1) is 5.10 Å². The second-order valence-electron chi connectivity index (χ2n) is 8.51. The molecular formula is C19H23N7O3. The third kappa shape index (κ3) is 2.95. The van der Waals surface area contributed by atoms with Crippen LogP contribution in [-0.2, 0) is 4.74 Å². The van der Waals surface area contributed by atoms with Crippen LogP contribution in [0.25, 0.3) is 11.5 Å². The summed E-state index contributed by atoms with van der Waals surface area (Å²) in [6.45, 7) is 6.88. The highest BCUT2D eigenvalue weighted by atomic mass is 16.6. The van der Waals surface area contributed by atoms with E-state index < -0.39 is 5.60 Å². The average Bonchev–Trinajstić information content (AvgIpc) is 3.31. The van der Waals surface area contributed by atoms with E-state index in [0.717, 1.165) is 6.42 Å². The number of piperidine rings is 1. The topological polar surface area (TPSA) is 101 Å². The minimum absolute atomic E-state index is 0.0530. The molecule has 0 radical (unpaired) electrons. The van der Waals surface area contributed by atoms with Crippen LogP contribution in [0.1, 0.15) is 27.2 Å². The molecule has 29 heavy (non-hydrogen) atoms. The highest BCUT2D eigenvalue weighted by molar-refractivity contribution is 5.71. The molecule has 1 amide bonds. The summed E-state index contributed by atoms with van der Waals surface area (Å²) in [4.78, 5) is 20.9. The van der Waals surface area contributed by atoms with Crippen LogP contribution in [0.4, 0.5) is 10.7 Å². The van der Waals surface area contributed by atoms with Gasteiger partial charge in [-0.05, 0) is 45.4 Å². The van der Waals surface area contributed by atoms with Gasteiger partial charge in [-0.2, -0.15) is 14.6 Å². The molecule has 0 saturated carbocycles. The summed E-state index contributed by atoms with van der Waals surface area (Å²) < 4.78 is 8.79. The summed E-state index contributed by atoms with van der Waals surface area (Å²) in [6, 6.07) is 5.30. The molecule has 152 valence electrons. The van der Waals surface area contributed by atoms with Gasteiger partial charge >= 0.3 is 6.09 Å². The van der Waals surface area contributed by atoms with Crippen molar-refractivity contribution in [2.75, 3.05) is 18.0 Å². The Morgan fingerprint density at radius 2 is 2.00 bits per heavy atom. The van der Waals surface area contributed by atoms with Crippen molar-refractivity contribution in [1.82, 2.24) is 29.3 Å². The number of fused-ring (bicyclic) bond motifs is 3. The number of aromatic hydroxyl groups is 1. The lowest BCUT2D eigenvalue weighted by Crippen LogP contribution is -2.70. The molecule has 3 aromatic rings. The van der Waals surface area contributed by atoms with Crippen LogP contribution >= 0.6 is 0 Å². The van der Waals surface area contributed by atoms with Gasteiger partial charge in [-0.1, -0.05) is 0 Å². The van der Waals surface area contributed by atoms with Crippen LogP contribution in [0.3, 0.4) is 0 Å². The predicted octanol–water partition coefficient (Wildman–Crippen LogP) is 1.82. The Morgan fingerprint density at radius 1 is 1.24 bits per heavy atom. The zero-order valence-electron chi connectivity index (χ0n) is 16.6. The Kier molecular flexibility index (Phi) is 3.74. The monoisotopic (exact) mass is 397 g/mol. The van der Waals surface area contributed by atoms with Gasteiger partial charge in [0.2, 0.25) is 11.6 Å². The molecule has 10 nitrogen and oxygen atoms in total. The van der Waals surface area contributed by atoms with Gasteiger partial charge < -0.3 is 14.7 Å². The fourth-order valence-corrected chi connectivity index (χ4v) is 4.02. The number of piperazine rings is 1. The smallest absolute Gasteiger partial charge is 0.410 e. The van der Waals surface area contributed by atoms with Gasteiger partial charge in [0.15, 0.2) is 11.6 Å². The molecule has 3 aliphatic heterocycles. The fourth-order valence-electron chi connectivity index (χ4n) is 4.02. The van der Waals surface area contributed by atoms with Gasteiger partial charge in [0.05, 0.1) is 12.1 Å².